The number of carbonyl (C=O) groups excluding carboxylic acids is 2. The van der Waals surface area contributed by atoms with Gasteiger partial charge >= 0.3 is 0 Å². The average molecular weight is 415 g/mol. The van der Waals surface area contributed by atoms with Gasteiger partial charge in [-0.2, -0.15) is 0 Å². The second kappa shape index (κ2) is 8.75. The van der Waals surface area contributed by atoms with Crippen LogP contribution in [-0.4, -0.2) is 25.5 Å². The highest BCUT2D eigenvalue weighted by atomic mass is 16.5. The summed E-state index contributed by atoms with van der Waals surface area (Å²) in [5.41, 5.74) is 2.53. The molecule has 6 heteroatoms. The van der Waals surface area contributed by atoms with Gasteiger partial charge in [-0.3, -0.25) is 4.79 Å². The maximum atomic E-state index is 13.3. The minimum atomic E-state index is -1.33. The van der Waals surface area contributed by atoms with Crippen LogP contribution in [0.5, 0.6) is 17.2 Å². The number of fused-ring (bicyclic) bond motifs is 1. The standard InChI is InChI=1S/C25H20O6/c1-29-22-14-16(11-12-21(22)30-15-23(26)27)13-19-24(28)18-9-5-6-10-20(18)31-25(19)17-7-3-2-4-8-17/h2-14,25H,15H2,1H3,(H,26,27)/p-1/b19-13-/t25-/m1/s1. The number of ether oxygens (including phenoxy) is 3. The van der Waals surface area contributed by atoms with Gasteiger partial charge in [-0.15, -0.1) is 0 Å². The van der Waals surface area contributed by atoms with E-state index in [1.807, 2.05) is 36.4 Å². The molecule has 0 aliphatic carbocycles. The highest BCUT2D eigenvalue weighted by Gasteiger charge is 2.32. The van der Waals surface area contributed by atoms with E-state index in [0.29, 0.717) is 28.2 Å². The minimum absolute atomic E-state index is 0.119. The second-order valence-corrected chi connectivity index (χ2v) is 6.90. The normalized spacial score (nSPS) is 16.4. The average Bonchev–Trinajstić information content (AvgIpc) is 2.80. The molecule has 0 radical (unpaired) electrons. The van der Waals surface area contributed by atoms with Crippen LogP contribution in [0.4, 0.5) is 0 Å². The van der Waals surface area contributed by atoms with Gasteiger partial charge in [0.25, 0.3) is 0 Å². The number of carboxylic acid groups (broad SMARTS) is 1. The lowest BCUT2D eigenvalue weighted by Gasteiger charge is -2.28. The Morgan fingerprint density at radius 3 is 2.52 bits per heavy atom. The molecule has 0 saturated carbocycles. The van der Waals surface area contributed by atoms with Crippen LogP contribution < -0.4 is 19.3 Å². The van der Waals surface area contributed by atoms with Crippen molar-refractivity contribution in [2.75, 3.05) is 13.7 Å². The van der Waals surface area contributed by atoms with E-state index < -0.39 is 18.7 Å². The number of methoxy groups -OCH3 is 1. The van der Waals surface area contributed by atoms with E-state index in [1.54, 1.807) is 42.5 Å². The summed E-state index contributed by atoms with van der Waals surface area (Å²) in [5, 5.41) is 10.7. The van der Waals surface area contributed by atoms with E-state index in [-0.39, 0.29) is 11.5 Å². The van der Waals surface area contributed by atoms with Crippen LogP contribution in [0.25, 0.3) is 6.08 Å². The quantitative estimate of drug-likeness (QED) is 0.575. The number of aliphatic carboxylic acids is 1. The molecule has 0 bridgehead atoms. The third-order valence-corrected chi connectivity index (χ3v) is 4.88. The van der Waals surface area contributed by atoms with Gasteiger partial charge < -0.3 is 24.1 Å². The zero-order chi connectivity index (χ0) is 21.8. The Bertz CT molecular complexity index is 1150. The van der Waals surface area contributed by atoms with Crippen molar-refractivity contribution in [1.29, 1.82) is 0 Å². The van der Waals surface area contributed by atoms with Crippen LogP contribution in [0.15, 0.2) is 78.4 Å². The third kappa shape index (κ3) is 4.28. The summed E-state index contributed by atoms with van der Waals surface area (Å²) in [6, 6.07) is 21.7. The SMILES string of the molecule is COc1cc(/C=C2/C(=O)c3ccccc3O[C@@H]2c2ccccc2)ccc1OCC(=O)[O-]. The molecule has 0 fully saturated rings. The monoisotopic (exact) mass is 415 g/mol. The molecule has 0 unspecified atom stereocenters. The summed E-state index contributed by atoms with van der Waals surface area (Å²) in [5.74, 6) is -0.293. The van der Waals surface area contributed by atoms with Gasteiger partial charge in [-0.1, -0.05) is 48.5 Å². The Hall–Kier alpha value is -4.06. The van der Waals surface area contributed by atoms with Crippen molar-refractivity contribution < 1.29 is 28.9 Å². The summed E-state index contributed by atoms with van der Waals surface area (Å²) < 4.78 is 16.7. The molecular formula is C25H19O6-. The van der Waals surface area contributed by atoms with Crippen molar-refractivity contribution in [3.05, 3.63) is 95.1 Å². The van der Waals surface area contributed by atoms with E-state index in [1.165, 1.54) is 7.11 Å². The number of carbonyl (C=O) groups is 2. The first-order chi connectivity index (χ1) is 15.1. The first-order valence-corrected chi connectivity index (χ1v) is 9.64. The smallest absolute Gasteiger partial charge is 0.196 e. The van der Waals surface area contributed by atoms with Gasteiger partial charge in [-0.05, 0) is 41.5 Å². The zero-order valence-corrected chi connectivity index (χ0v) is 16.7. The van der Waals surface area contributed by atoms with Crippen LogP contribution in [0.1, 0.15) is 27.6 Å². The van der Waals surface area contributed by atoms with Crippen molar-refractivity contribution in [3.63, 3.8) is 0 Å². The fourth-order valence-electron chi connectivity index (χ4n) is 3.45. The number of hydrogen-bond acceptors (Lipinski definition) is 6. The molecule has 6 nitrogen and oxygen atoms in total. The van der Waals surface area contributed by atoms with Gasteiger partial charge in [-0.25, -0.2) is 0 Å². The lowest BCUT2D eigenvalue weighted by atomic mass is 9.89. The number of Topliss-reactive ketones (excluding diaryl/α,β-unsaturated/α-hetero) is 1. The van der Waals surface area contributed by atoms with Crippen molar-refractivity contribution in [1.82, 2.24) is 0 Å². The van der Waals surface area contributed by atoms with Gasteiger partial charge in [0.05, 0.1) is 18.6 Å². The Balaban J connectivity index is 1.76. The lowest BCUT2D eigenvalue weighted by Crippen LogP contribution is -2.29. The Morgan fingerprint density at radius 2 is 1.77 bits per heavy atom. The minimum Gasteiger partial charge on any atom is -0.546 e. The van der Waals surface area contributed by atoms with E-state index in [0.717, 1.165) is 5.56 Å². The predicted octanol–water partition coefficient (Wildman–Crippen LogP) is 3.22. The first kappa shape index (κ1) is 20.2. The molecule has 4 rings (SSSR count). The Kier molecular flexibility index (Phi) is 5.71. The van der Waals surface area contributed by atoms with Gasteiger partial charge in [0.15, 0.2) is 23.4 Å². The van der Waals surface area contributed by atoms with Crippen molar-refractivity contribution >= 4 is 17.8 Å². The summed E-state index contributed by atoms with van der Waals surface area (Å²) in [6.45, 7) is -0.587. The molecule has 0 saturated heterocycles. The van der Waals surface area contributed by atoms with Gasteiger partial charge in [0, 0.05) is 5.57 Å². The fourth-order valence-corrected chi connectivity index (χ4v) is 3.45. The Morgan fingerprint density at radius 1 is 1.03 bits per heavy atom. The van der Waals surface area contributed by atoms with Crippen molar-refractivity contribution in [2.45, 2.75) is 6.10 Å². The van der Waals surface area contributed by atoms with E-state index in [4.69, 9.17) is 14.2 Å². The van der Waals surface area contributed by atoms with E-state index >= 15 is 0 Å². The van der Waals surface area contributed by atoms with E-state index in [2.05, 4.69) is 0 Å². The number of para-hydroxylation sites is 1. The summed E-state index contributed by atoms with van der Waals surface area (Å²) in [4.78, 5) is 24.0. The maximum Gasteiger partial charge on any atom is 0.196 e. The topological polar surface area (TPSA) is 84.9 Å². The molecular weight excluding hydrogens is 396 g/mol. The van der Waals surface area contributed by atoms with Crippen molar-refractivity contribution in [2.24, 2.45) is 0 Å². The van der Waals surface area contributed by atoms with Crippen LogP contribution in [-0.2, 0) is 4.79 Å². The second-order valence-electron chi connectivity index (χ2n) is 6.90. The Labute approximate surface area is 179 Å². The molecule has 31 heavy (non-hydrogen) atoms. The molecule has 0 N–H and O–H groups in total. The molecule has 1 heterocycles. The van der Waals surface area contributed by atoms with Crippen LogP contribution in [0.2, 0.25) is 0 Å². The highest BCUT2D eigenvalue weighted by molar-refractivity contribution is 6.14. The van der Waals surface area contributed by atoms with Crippen LogP contribution >= 0.6 is 0 Å². The van der Waals surface area contributed by atoms with Crippen LogP contribution in [0, 0.1) is 0 Å². The molecule has 1 aliphatic heterocycles. The lowest BCUT2D eigenvalue weighted by molar-refractivity contribution is -0.307. The molecule has 3 aromatic carbocycles. The fraction of sp³-hybridized carbons (Fsp3) is 0.120. The number of benzene rings is 3. The number of carboxylic acids is 1. The third-order valence-electron chi connectivity index (χ3n) is 4.88. The molecule has 0 amide bonds. The summed E-state index contributed by atoms with van der Waals surface area (Å²) >= 11 is 0. The van der Waals surface area contributed by atoms with E-state index in [9.17, 15) is 14.7 Å². The summed E-state index contributed by atoms with van der Waals surface area (Å²) in [7, 11) is 1.45. The molecule has 1 aliphatic rings. The molecule has 1 atom stereocenters. The molecule has 156 valence electrons. The van der Waals surface area contributed by atoms with Crippen LogP contribution in [0.3, 0.4) is 0 Å². The van der Waals surface area contributed by atoms with Gasteiger partial charge in [0.1, 0.15) is 12.4 Å². The number of rotatable bonds is 6. The predicted molar refractivity (Wildman–Crippen MR) is 112 cm³/mol. The highest BCUT2D eigenvalue weighted by Crippen LogP contribution is 2.39. The summed E-state index contributed by atoms with van der Waals surface area (Å²) in [6.07, 6.45) is 1.18. The number of ketones is 1. The largest absolute Gasteiger partial charge is 0.546 e. The zero-order valence-electron chi connectivity index (χ0n) is 16.7. The molecule has 3 aromatic rings. The van der Waals surface area contributed by atoms with Crippen molar-refractivity contribution in [3.8, 4) is 17.2 Å². The molecule has 0 aromatic heterocycles. The van der Waals surface area contributed by atoms with Gasteiger partial charge in [0.2, 0.25) is 0 Å². The molecule has 0 spiro atoms. The number of hydrogen-bond donors (Lipinski definition) is 0. The first-order valence-electron chi connectivity index (χ1n) is 9.64. The maximum absolute atomic E-state index is 13.3.